The van der Waals surface area contributed by atoms with E-state index in [0.717, 1.165) is 12.8 Å². The van der Waals surface area contributed by atoms with Gasteiger partial charge < -0.3 is 5.32 Å². The van der Waals surface area contributed by atoms with E-state index in [0.29, 0.717) is 9.97 Å². The molecular weight excluding hydrogens is 253 g/mol. The average Bonchev–Trinajstić information content (AvgIpc) is 2.20. The Morgan fingerprint density at radius 1 is 1.73 bits per heavy atom. The lowest BCUT2D eigenvalue weighted by atomic mass is 9.77. The van der Waals surface area contributed by atoms with Crippen LogP contribution in [-0.2, 0) is 4.79 Å². The molecule has 2 fully saturated rings. The average molecular weight is 265 g/mol. The second kappa shape index (κ2) is 2.34. The Hall–Kier alpha value is 0.200. The van der Waals surface area contributed by atoms with E-state index >= 15 is 0 Å². The summed E-state index contributed by atoms with van der Waals surface area (Å²) >= 11 is 2.45. The lowest BCUT2D eigenvalue weighted by Gasteiger charge is -2.28. The van der Waals surface area contributed by atoms with Crippen molar-refractivity contribution in [1.82, 2.24) is 5.32 Å². The van der Waals surface area contributed by atoms with E-state index in [1.807, 2.05) is 0 Å². The molecule has 0 aromatic heterocycles. The highest BCUT2D eigenvalue weighted by Gasteiger charge is 2.48. The van der Waals surface area contributed by atoms with E-state index < -0.39 is 0 Å². The van der Waals surface area contributed by atoms with E-state index in [9.17, 15) is 4.79 Å². The highest BCUT2D eigenvalue weighted by atomic mass is 127. The monoisotopic (exact) mass is 265 g/mol. The predicted molar refractivity (Wildman–Crippen MR) is 51.7 cm³/mol. The van der Waals surface area contributed by atoms with Crippen molar-refractivity contribution in [3.63, 3.8) is 0 Å². The topological polar surface area (TPSA) is 29.1 Å². The standard InChI is InChI=1S/C8H12INO/c1-8-3-2-5(9)6(4-8)10-7(8)11/h5-6H,2-4H2,1H3,(H,10,11). The zero-order valence-electron chi connectivity index (χ0n) is 6.56. The molecule has 1 saturated carbocycles. The number of rotatable bonds is 0. The maximum absolute atomic E-state index is 11.4. The Bertz CT molecular complexity index is 206. The number of alkyl halides is 1. The van der Waals surface area contributed by atoms with Gasteiger partial charge in [-0.15, -0.1) is 0 Å². The molecule has 62 valence electrons. The molecule has 3 heteroatoms. The molecule has 1 aliphatic heterocycles. The van der Waals surface area contributed by atoms with Gasteiger partial charge in [-0.05, 0) is 19.3 Å². The van der Waals surface area contributed by atoms with Crippen LogP contribution in [0.15, 0.2) is 0 Å². The molecule has 0 spiro atoms. The second-order valence-electron chi connectivity index (χ2n) is 3.90. The van der Waals surface area contributed by atoms with Crippen LogP contribution in [0.5, 0.6) is 0 Å². The summed E-state index contributed by atoms with van der Waals surface area (Å²) in [6, 6.07) is 0.460. The maximum atomic E-state index is 11.4. The van der Waals surface area contributed by atoms with Gasteiger partial charge in [-0.2, -0.15) is 0 Å². The molecule has 2 aliphatic rings. The van der Waals surface area contributed by atoms with Gasteiger partial charge in [0.05, 0.1) is 0 Å². The van der Waals surface area contributed by atoms with Crippen LogP contribution in [-0.4, -0.2) is 15.9 Å². The Labute approximate surface area is 80.3 Å². The van der Waals surface area contributed by atoms with Gasteiger partial charge in [0.1, 0.15) is 0 Å². The number of hydrogen-bond donors (Lipinski definition) is 1. The molecule has 1 heterocycles. The maximum Gasteiger partial charge on any atom is 0.226 e. The van der Waals surface area contributed by atoms with Crippen molar-refractivity contribution >= 4 is 28.5 Å². The van der Waals surface area contributed by atoms with Crippen LogP contribution >= 0.6 is 22.6 Å². The summed E-state index contributed by atoms with van der Waals surface area (Å²) < 4.78 is 0.659. The number of carbonyl (C=O) groups is 1. The van der Waals surface area contributed by atoms with E-state index in [1.165, 1.54) is 6.42 Å². The van der Waals surface area contributed by atoms with E-state index in [-0.39, 0.29) is 11.3 Å². The molecule has 2 nitrogen and oxygen atoms in total. The Kier molecular flexibility index (Phi) is 1.67. The fourth-order valence-corrected chi connectivity index (χ4v) is 2.81. The van der Waals surface area contributed by atoms with Crippen LogP contribution in [0.3, 0.4) is 0 Å². The smallest absolute Gasteiger partial charge is 0.226 e. The zero-order chi connectivity index (χ0) is 8.06. The molecule has 0 aromatic carbocycles. The van der Waals surface area contributed by atoms with Crippen LogP contribution in [0, 0.1) is 5.41 Å². The third-order valence-electron chi connectivity index (χ3n) is 2.94. The van der Waals surface area contributed by atoms with Crippen molar-refractivity contribution in [3.05, 3.63) is 0 Å². The van der Waals surface area contributed by atoms with E-state index in [4.69, 9.17) is 0 Å². The fraction of sp³-hybridized carbons (Fsp3) is 0.875. The van der Waals surface area contributed by atoms with Crippen LogP contribution in [0.2, 0.25) is 0 Å². The summed E-state index contributed by atoms with van der Waals surface area (Å²) in [5.74, 6) is 0.279. The first-order valence-electron chi connectivity index (χ1n) is 4.07. The van der Waals surface area contributed by atoms with Crippen molar-refractivity contribution < 1.29 is 4.79 Å². The Morgan fingerprint density at radius 2 is 2.45 bits per heavy atom. The molecule has 1 saturated heterocycles. The number of fused-ring (bicyclic) bond motifs is 2. The largest absolute Gasteiger partial charge is 0.352 e. The van der Waals surface area contributed by atoms with Crippen molar-refractivity contribution in [2.24, 2.45) is 5.41 Å². The van der Waals surface area contributed by atoms with Gasteiger partial charge in [-0.25, -0.2) is 0 Å². The minimum atomic E-state index is -0.0215. The molecule has 3 unspecified atom stereocenters. The first-order valence-corrected chi connectivity index (χ1v) is 5.31. The van der Waals surface area contributed by atoms with Gasteiger partial charge in [0, 0.05) is 15.4 Å². The van der Waals surface area contributed by atoms with Crippen LogP contribution in [0.4, 0.5) is 0 Å². The SMILES string of the molecule is CC12CCC(I)C(C1)NC2=O. The molecule has 1 amide bonds. The molecule has 2 rings (SSSR count). The van der Waals surface area contributed by atoms with Crippen molar-refractivity contribution in [3.8, 4) is 0 Å². The fourth-order valence-electron chi connectivity index (χ4n) is 2.06. The summed E-state index contributed by atoms with van der Waals surface area (Å²) in [7, 11) is 0. The molecule has 1 N–H and O–H groups in total. The molecule has 11 heavy (non-hydrogen) atoms. The minimum Gasteiger partial charge on any atom is -0.352 e. The predicted octanol–water partition coefficient (Wildman–Crippen LogP) is 1.48. The summed E-state index contributed by atoms with van der Waals surface area (Å²) in [5, 5.41) is 3.06. The van der Waals surface area contributed by atoms with Crippen molar-refractivity contribution in [2.45, 2.75) is 36.2 Å². The summed E-state index contributed by atoms with van der Waals surface area (Å²) in [6.45, 7) is 2.09. The summed E-state index contributed by atoms with van der Waals surface area (Å²) in [6.07, 6.45) is 3.32. The Morgan fingerprint density at radius 3 is 3.09 bits per heavy atom. The highest BCUT2D eigenvalue weighted by Crippen LogP contribution is 2.43. The molecular formula is C8H12INO. The van der Waals surface area contributed by atoms with Gasteiger partial charge in [0.25, 0.3) is 0 Å². The van der Waals surface area contributed by atoms with E-state index in [1.54, 1.807) is 0 Å². The van der Waals surface area contributed by atoms with Gasteiger partial charge in [-0.1, -0.05) is 29.5 Å². The second-order valence-corrected chi connectivity index (χ2v) is 5.50. The van der Waals surface area contributed by atoms with Crippen molar-refractivity contribution in [2.75, 3.05) is 0 Å². The van der Waals surface area contributed by atoms with Gasteiger partial charge >= 0.3 is 0 Å². The third kappa shape index (κ3) is 1.08. The first kappa shape index (κ1) is 7.83. The minimum absolute atomic E-state index is 0.0215. The molecule has 0 radical (unpaired) electrons. The Balaban J connectivity index is 2.24. The number of amides is 1. The van der Waals surface area contributed by atoms with Gasteiger partial charge in [0.15, 0.2) is 0 Å². The van der Waals surface area contributed by atoms with Crippen LogP contribution in [0.25, 0.3) is 0 Å². The molecule has 0 aromatic rings. The van der Waals surface area contributed by atoms with Gasteiger partial charge in [0.2, 0.25) is 5.91 Å². The highest BCUT2D eigenvalue weighted by molar-refractivity contribution is 14.1. The van der Waals surface area contributed by atoms with E-state index in [2.05, 4.69) is 34.8 Å². The van der Waals surface area contributed by atoms with Gasteiger partial charge in [-0.3, -0.25) is 4.79 Å². The first-order chi connectivity index (χ1) is 5.12. The normalized spacial score (nSPS) is 49.1. The van der Waals surface area contributed by atoms with Crippen molar-refractivity contribution in [1.29, 1.82) is 0 Å². The lowest BCUT2D eigenvalue weighted by Crippen LogP contribution is -2.32. The number of halogens is 1. The summed E-state index contributed by atoms with van der Waals surface area (Å²) in [5.41, 5.74) is -0.0215. The number of hydrogen-bond acceptors (Lipinski definition) is 1. The lowest BCUT2D eigenvalue weighted by molar-refractivity contribution is -0.126. The summed E-state index contributed by atoms with van der Waals surface area (Å²) in [4.78, 5) is 11.4. The third-order valence-corrected chi connectivity index (χ3v) is 4.43. The molecule has 3 atom stereocenters. The quantitative estimate of drug-likeness (QED) is 0.521. The number of carbonyl (C=O) groups excluding carboxylic acids is 1. The zero-order valence-corrected chi connectivity index (χ0v) is 8.72. The van der Waals surface area contributed by atoms with Crippen LogP contribution in [0.1, 0.15) is 26.2 Å². The van der Waals surface area contributed by atoms with Crippen LogP contribution < -0.4 is 5.32 Å². The number of nitrogens with one attached hydrogen (secondary N) is 1. The molecule has 2 bridgehead atoms. The molecule has 1 aliphatic carbocycles.